The van der Waals surface area contributed by atoms with Gasteiger partial charge in [0.2, 0.25) is 0 Å². The van der Waals surface area contributed by atoms with Crippen LogP contribution in [0.25, 0.3) is 0 Å². The lowest BCUT2D eigenvalue weighted by Gasteiger charge is -2.18. The molecule has 0 saturated carbocycles. The Bertz CT molecular complexity index is 619. The maximum atomic E-state index is 13.0. The quantitative estimate of drug-likeness (QED) is 0.605. The van der Waals surface area contributed by atoms with E-state index >= 15 is 0 Å². The monoisotopic (exact) mass is 252 g/mol. The number of halogens is 1. The lowest BCUT2D eigenvalue weighted by Crippen LogP contribution is -2.10. The van der Waals surface area contributed by atoms with Crippen LogP contribution in [0.1, 0.15) is 37.5 Å². The van der Waals surface area contributed by atoms with Gasteiger partial charge in [0.05, 0.1) is 0 Å². The molecule has 2 rings (SSSR count). The normalized spacial score (nSPS) is 10.7. The van der Waals surface area contributed by atoms with E-state index in [9.17, 15) is 4.39 Å². The molecule has 0 atom stereocenters. The third-order valence-electron chi connectivity index (χ3n) is 2.93. The Labute approximate surface area is 114 Å². The highest BCUT2D eigenvalue weighted by atomic mass is 19.1. The second-order valence-corrected chi connectivity index (χ2v) is 5.59. The van der Waals surface area contributed by atoms with Crippen molar-refractivity contribution in [1.29, 1.82) is 0 Å². The van der Waals surface area contributed by atoms with E-state index in [1.165, 1.54) is 17.7 Å². The molecule has 0 radical (unpaired) electrons. The molecule has 0 aliphatic heterocycles. The highest BCUT2D eigenvalue weighted by molar-refractivity contribution is 5.44. The molecule has 0 aliphatic carbocycles. The number of hydrogen-bond acceptors (Lipinski definition) is 0. The maximum Gasteiger partial charge on any atom is 0.124 e. The summed E-state index contributed by atoms with van der Waals surface area (Å²) < 4.78 is 13.0. The first-order valence-corrected chi connectivity index (χ1v) is 6.33. The van der Waals surface area contributed by atoms with Crippen molar-refractivity contribution < 1.29 is 4.39 Å². The molecule has 0 unspecified atom stereocenters. The Balaban J connectivity index is 2.21. The SMILES string of the molecule is CC(C)(C)c1ccc(C#Cc2cccc(F)c2)cc1. The molecular formula is C18H17F. The molecule has 0 N–H and O–H groups in total. The lowest BCUT2D eigenvalue weighted by atomic mass is 9.87. The Hall–Kier alpha value is -2.07. The summed E-state index contributed by atoms with van der Waals surface area (Å²) in [6, 6.07) is 14.5. The number of rotatable bonds is 0. The van der Waals surface area contributed by atoms with Crippen LogP contribution in [-0.2, 0) is 5.41 Å². The van der Waals surface area contributed by atoms with Gasteiger partial charge in [0.15, 0.2) is 0 Å². The van der Waals surface area contributed by atoms with Crippen molar-refractivity contribution in [1.82, 2.24) is 0 Å². The van der Waals surface area contributed by atoms with Crippen molar-refractivity contribution in [3.05, 3.63) is 71.0 Å². The average molecular weight is 252 g/mol. The summed E-state index contributed by atoms with van der Waals surface area (Å²) >= 11 is 0. The Morgan fingerprint density at radius 2 is 1.47 bits per heavy atom. The summed E-state index contributed by atoms with van der Waals surface area (Å²) in [6.07, 6.45) is 0. The summed E-state index contributed by atoms with van der Waals surface area (Å²) in [6.45, 7) is 6.54. The van der Waals surface area contributed by atoms with Crippen LogP contribution in [-0.4, -0.2) is 0 Å². The van der Waals surface area contributed by atoms with E-state index < -0.39 is 0 Å². The molecule has 0 nitrogen and oxygen atoms in total. The summed E-state index contributed by atoms with van der Waals surface area (Å²) in [5.41, 5.74) is 3.06. The molecule has 0 aliphatic rings. The third-order valence-corrected chi connectivity index (χ3v) is 2.93. The molecule has 96 valence electrons. The Morgan fingerprint density at radius 3 is 2.05 bits per heavy atom. The van der Waals surface area contributed by atoms with Crippen molar-refractivity contribution in [3.8, 4) is 11.8 Å². The maximum absolute atomic E-state index is 13.0. The van der Waals surface area contributed by atoms with E-state index in [2.05, 4.69) is 44.7 Å². The molecule has 2 aromatic carbocycles. The predicted molar refractivity (Wildman–Crippen MR) is 77.5 cm³/mol. The molecule has 2 aromatic rings. The van der Waals surface area contributed by atoms with E-state index in [-0.39, 0.29) is 11.2 Å². The van der Waals surface area contributed by atoms with Gasteiger partial charge in [0.25, 0.3) is 0 Å². The van der Waals surface area contributed by atoms with Crippen molar-refractivity contribution in [2.45, 2.75) is 26.2 Å². The van der Waals surface area contributed by atoms with E-state index in [0.717, 1.165) is 5.56 Å². The fourth-order valence-corrected chi connectivity index (χ4v) is 1.76. The molecule has 19 heavy (non-hydrogen) atoms. The molecular weight excluding hydrogens is 235 g/mol. The fraction of sp³-hybridized carbons (Fsp3) is 0.222. The van der Waals surface area contributed by atoms with Crippen LogP contribution < -0.4 is 0 Å². The summed E-state index contributed by atoms with van der Waals surface area (Å²) in [5.74, 6) is 5.77. The van der Waals surface area contributed by atoms with Crippen LogP contribution in [0.3, 0.4) is 0 Å². The summed E-state index contributed by atoms with van der Waals surface area (Å²) in [7, 11) is 0. The minimum absolute atomic E-state index is 0.147. The first-order valence-electron chi connectivity index (χ1n) is 6.33. The van der Waals surface area contributed by atoms with Crippen LogP contribution >= 0.6 is 0 Å². The smallest absolute Gasteiger partial charge is 0.124 e. The highest BCUT2D eigenvalue weighted by Crippen LogP contribution is 2.21. The third kappa shape index (κ3) is 3.69. The molecule has 0 bridgehead atoms. The highest BCUT2D eigenvalue weighted by Gasteiger charge is 2.12. The second kappa shape index (κ2) is 5.28. The largest absolute Gasteiger partial charge is 0.207 e. The predicted octanol–water partition coefficient (Wildman–Crippen LogP) is 4.52. The topological polar surface area (TPSA) is 0 Å². The van der Waals surface area contributed by atoms with Gasteiger partial charge < -0.3 is 0 Å². The van der Waals surface area contributed by atoms with Gasteiger partial charge in [-0.15, -0.1) is 0 Å². The zero-order valence-corrected chi connectivity index (χ0v) is 11.5. The van der Waals surface area contributed by atoms with Crippen LogP contribution in [0.15, 0.2) is 48.5 Å². The molecule has 0 amide bonds. The minimum Gasteiger partial charge on any atom is -0.207 e. The van der Waals surface area contributed by atoms with E-state index in [1.807, 2.05) is 12.1 Å². The van der Waals surface area contributed by atoms with Gasteiger partial charge in [-0.05, 0) is 41.3 Å². The van der Waals surface area contributed by atoms with Crippen LogP contribution in [0.4, 0.5) is 4.39 Å². The standard InChI is InChI=1S/C18H17F/c1-18(2,3)16-11-9-14(10-12-16)7-8-15-5-4-6-17(19)13-15/h4-6,9-13H,1-3H3. The Morgan fingerprint density at radius 1 is 0.842 bits per heavy atom. The van der Waals surface area contributed by atoms with Gasteiger partial charge in [-0.25, -0.2) is 4.39 Å². The number of hydrogen-bond donors (Lipinski definition) is 0. The molecule has 0 fully saturated rings. The zero-order valence-electron chi connectivity index (χ0n) is 11.5. The fourth-order valence-electron chi connectivity index (χ4n) is 1.76. The van der Waals surface area contributed by atoms with Gasteiger partial charge in [-0.3, -0.25) is 0 Å². The van der Waals surface area contributed by atoms with Crippen LogP contribution in [0, 0.1) is 17.7 Å². The second-order valence-electron chi connectivity index (χ2n) is 5.59. The van der Waals surface area contributed by atoms with E-state index in [1.54, 1.807) is 12.1 Å². The van der Waals surface area contributed by atoms with Crippen molar-refractivity contribution in [2.24, 2.45) is 0 Å². The molecule has 0 heterocycles. The van der Waals surface area contributed by atoms with Crippen molar-refractivity contribution >= 4 is 0 Å². The zero-order chi connectivity index (χ0) is 13.9. The Kier molecular flexibility index (Phi) is 3.71. The molecule has 0 saturated heterocycles. The van der Waals surface area contributed by atoms with Crippen molar-refractivity contribution in [2.75, 3.05) is 0 Å². The van der Waals surface area contributed by atoms with Gasteiger partial charge in [-0.1, -0.05) is 50.8 Å². The van der Waals surface area contributed by atoms with Crippen LogP contribution in [0.5, 0.6) is 0 Å². The summed E-state index contributed by atoms with van der Waals surface area (Å²) in [4.78, 5) is 0. The van der Waals surface area contributed by atoms with E-state index in [0.29, 0.717) is 5.56 Å². The van der Waals surface area contributed by atoms with Gasteiger partial charge >= 0.3 is 0 Å². The summed E-state index contributed by atoms with van der Waals surface area (Å²) in [5, 5.41) is 0. The average Bonchev–Trinajstić information content (AvgIpc) is 2.36. The molecule has 0 aromatic heterocycles. The minimum atomic E-state index is -0.255. The first-order chi connectivity index (χ1) is 8.95. The molecule has 0 spiro atoms. The van der Waals surface area contributed by atoms with Crippen molar-refractivity contribution in [3.63, 3.8) is 0 Å². The van der Waals surface area contributed by atoms with Gasteiger partial charge in [-0.2, -0.15) is 0 Å². The van der Waals surface area contributed by atoms with Gasteiger partial charge in [0.1, 0.15) is 5.82 Å². The molecule has 1 heteroatoms. The van der Waals surface area contributed by atoms with Gasteiger partial charge in [0, 0.05) is 11.1 Å². The van der Waals surface area contributed by atoms with E-state index in [4.69, 9.17) is 0 Å². The lowest BCUT2D eigenvalue weighted by molar-refractivity contribution is 0.590. The number of benzene rings is 2. The first kappa shape index (κ1) is 13.4. The van der Waals surface area contributed by atoms with Crippen LogP contribution in [0.2, 0.25) is 0 Å².